The van der Waals surface area contributed by atoms with Crippen LogP contribution in [0.4, 0.5) is 14.5 Å². The third kappa shape index (κ3) is 4.44. The number of ether oxygens (including phenoxy) is 3. The Kier molecular flexibility index (Phi) is 6.30. The molecule has 6 nitrogen and oxygen atoms in total. The molecule has 0 heterocycles. The van der Waals surface area contributed by atoms with Gasteiger partial charge in [-0.15, -0.1) is 0 Å². The topological polar surface area (TPSA) is 73.9 Å². The summed E-state index contributed by atoms with van der Waals surface area (Å²) in [7, 11) is 2.20. The van der Waals surface area contributed by atoms with Crippen molar-refractivity contribution in [2.75, 3.05) is 26.1 Å². The molecule has 0 aliphatic carbocycles. The number of carbonyl (C=O) groups is 2. The van der Waals surface area contributed by atoms with Gasteiger partial charge in [0.05, 0.1) is 32.6 Å². The van der Waals surface area contributed by atoms with E-state index >= 15 is 0 Å². The standard InChI is InChI=1S/C14H15F2NO5/c1-4-22-13-9(16)5-8(15)6-10(13)17-11(14(19)21-3)7-12(18)20-2/h5-7,17H,4H2,1-3H3/b11-7+. The van der Waals surface area contributed by atoms with Gasteiger partial charge in [-0.2, -0.15) is 0 Å². The van der Waals surface area contributed by atoms with Crippen molar-refractivity contribution in [1.29, 1.82) is 0 Å². The maximum absolute atomic E-state index is 13.7. The smallest absolute Gasteiger partial charge is 0.354 e. The van der Waals surface area contributed by atoms with Gasteiger partial charge >= 0.3 is 11.9 Å². The average molecular weight is 315 g/mol. The van der Waals surface area contributed by atoms with E-state index < -0.39 is 23.6 Å². The molecule has 120 valence electrons. The predicted molar refractivity (Wildman–Crippen MR) is 73.3 cm³/mol. The molecule has 22 heavy (non-hydrogen) atoms. The van der Waals surface area contributed by atoms with Gasteiger partial charge in [0.25, 0.3) is 0 Å². The number of methoxy groups -OCH3 is 2. The number of hydrogen-bond acceptors (Lipinski definition) is 6. The Hall–Kier alpha value is -2.64. The molecule has 1 aromatic rings. The monoisotopic (exact) mass is 315 g/mol. The molecule has 0 atom stereocenters. The van der Waals surface area contributed by atoms with Crippen LogP contribution in [-0.2, 0) is 19.1 Å². The highest BCUT2D eigenvalue weighted by molar-refractivity contribution is 5.99. The second kappa shape index (κ2) is 7.96. The first kappa shape index (κ1) is 17.4. The zero-order valence-electron chi connectivity index (χ0n) is 12.2. The Morgan fingerprint density at radius 2 is 1.91 bits per heavy atom. The molecule has 0 saturated heterocycles. The van der Waals surface area contributed by atoms with E-state index in [4.69, 9.17) is 4.74 Å². The maximum Gasteiger partial charge on any atom is 0.354 e. The Morgan fingerprint density at radius 3 is 2.45 bits per heavy atom. The summed E-state index contributed by atoms with van der Waals surface area (Å²) in [6, 6.07) is 1.56. The molecule has 1 rings (SSSR count). The molecule has 0 unspecified atom stereocenters. The summed E-state index contributed by atoms with van der Waals surface area (Å²) in [4.78, 5) is 22.9. The second-order valence-corrected chi connectivity index (χ2v) is 3.90. The predicted octanol–water partition coefficient (Wildman–Crippen LogP) is 2.01. The fourth-order valence-corrected chi connectivity index (χ4v) is 1.52. The van der Waals surface area contributed by atoms with Gasteiger partial charge < -0.3 is 19.5 Å². The van der Waals surface area contributed by atoms with Gasteiger partial charge in [-0.1, -0.05) is 0 Å². The summed E-state index contributed by atoms with van der Waals surface area (Å²) in [5.74, 6) is -3.89. The SMILES string of the molecule is CCOc1c(F)cc(F)cc1N/C(=C/C(=O)OC)C(=O)OC. The summed E-state index contributed by atoms with van der Waals surface area (Å²) in [6.45, 7) is 1.73. The van der Waals surface area contributed by atoms with Crippen LogP contribution in [0.25, 0.3) is 0 Å². The lowest BCUT2D eigenvalue weighted by Crippen LogP contribution is -2.16. The third-order valence-electron chi connectivity index (χ3n) is 2.44. The minimum Gasteiger partial charge on any atom is -0.489 e. The molecule has 0 spiro atoms. The van der Waals surface area contributed by atoms with Crippen LogP contribution in [0.2, 0.25) is 0 Å². The Bertz CT molecular complexity index is 601. The number of carbonyl (C=O) groups excluding carboxylic acids is 2. The van der Waals surface area contributed by atoms with Crippen LogP contribution in [0.1, 0.15) is 6.92 Å². The highest BCUT2D eigenvalue weighted by Gasteiger charge is 2.18. The lowest BCUT2D eigenvalue weighted by Gasteiger charge is -2.14. The zero-order chi connectivity index (χ0) is 16.7. The van der Waals surface area contributed by atoms with Crippen molar-refractivity contribution in [3.63, 3.8) is 0 Å². The van der Waals surface area contributed by atoms with E-state index in [1.54, 1.807) is 6.92 Å². The minimum atomic E-state index is -0.952. The maximum atomic E-state index is 13.7. The van der Waals surface area contributed by atoms with Gasteiger partial charge in [-0.25, -0.2) is 18.4 Å². The van der Waals surface area contributed by atoms with E-state index in [1.807, 2.05) is 0 Å². The molecule has 0 saturated carbocycles. The van der Waals surface area contributed by atoms with Crippen LogP contribution in [0.5, 0.6) is 5.75 Å². The van der Waals surface area contributed by atoms with Crippen LogP contribution < -0.4 is 10.1 Å². The van der Waals surface area contributed by atoms with E-state index in [1.165, 1.54) is 0 Å². The van der Waals surface area contributed by atoms with E-state index in [-0.39, 0.29) is 23.7 Å². The lowest BCUT2D eigenvalue weighted by molar-refractivity contribution is -0.138. The van der Waals surface area contributed by atoms with Crippen molar-refractivity contribution in [3.8, 4) is 5.75 Å². The Morgan fingerprint density at radius 1 is 1.23 bits per heavy atom. The van der Waals surface area contributed by atoms with Crippen molar-refractivity contribution in [3.05, 3.63) is 35.5 Å². The average Bonchev–Trinajstić information content (AvgIpc) is 2.48. The zero-order valence-corrected chi connectivity index (χ0v) is 12.2. The fraction of sp³-hybridized carbons (Fsp3) is 0.286. The lowest BCUT2D eigenvalue weighted by atomic mass is 10.2. The summed E-state index contributed by atoms with van der Waals surface area (Å²) >= 11 is 0. The van der Waals surface area contributed by atoms with Crippen molar-refractivity contribution >= 4 is 17.6 Å². The van der Waals surface area contributed by atoms with Crippen molar-refractivity contribution in [1.82, 2.24) is 0 Å². The van der Waals surface area contributed by atoms with Crippen molar-refractivity contribution in [2.24, 2.45) is 0 Å². The fourth-order valence-electron chi connectivity index (χ4n) is 1.52. The van der Waals surface area contributed by atoms with E-state index in [9.17, 15) is 18.4 Å². The summed E-state index contributed by atoms with van der Waals surface area (Å²) in [6.07, 6.45) is 0.796. The molecule has 0 aromatic heterocycles. The first-order chi connectivity index (χ1) is 10.4. The molecule has 0 aliphatic heterocycles. The Labute approximate surface area is 125 Å². The summed E-state index contributed by atoms with van der Waals surface area (Å²) < 4.78 is 41.0. The number of anilines is 1. The number of esters is 2. The molecule has 0 amide bonds. The highest BCUT2D eigenvalue weighted by Crippen LogP contribution is 2.30. The number of rotatable bonds is 6. The number of hydrogen-bond donors (Lipinski definition) is 1. The van der Waals surface area contributed by atoms with Crippen LogP contribution in [-0.4, -0.2) is 32.8 Å². The van der Waals surface area contributed by atoms with Crippen LogP contribution in [0, 0.1) is 11.6 Å². The van der Waals surface area contributed by atoms with E-state index in [0.29, 0.717) is 6.07 Å². The van der Waals surface area contributed by atoms with Crippen LogP contribution in [0.3, 0.4) is 0 Å². The van der Waals surface area contributed by atoms with E-state index in [0.717, 1.165) is 26.4 Å². The van der Waals surface area contributed by atoms with Gasteiger partial charge in [0.2, 0.25) is 0 Å². The molecular weight excluding hydrogens is 300 g/mol. The molecule has 0 fully saturated rings. The van der Waals surface area contributed by atoms with E-state index in [2.05, 4.69) is 14.8 Å². The van der Waals surface area contributed by atoms with Gasteiger partial charge in [0.1, 0.15) is 11.5 Å². The van der Waals surface area contributed by atoms with Crippen molar-refractivity contribution in [2.45, 2.75) is 6.92 Å². The molecular formula is C14H15F2NO5. The highest BCUT2D eigenvalue weighted by atomic mass is 19.1. The molecule has 0 bridgehead atoms. The molecule has 1 N–H and O–H groups in total. The van der Waals surface area contributed by atoms with Crippen LogP contribution >= 0.6 is 0 Å². The number of halogens is 2. The van der Waals surface area contributed by atoms with Gasteiger partial charge in [-0.05, 0) is 6.92 Å². The summed E-state index contributed by atoms with van der Waals surface area (Å²) in [5, 5.41) is 2.41. The minimum absolute atomic E-state index is 0.117. The largest absolute Gasteiger partial charge is 0.489 e. The normalized spacial score (nSPS) is 10.9. The molecule has 8 heteroatoms. The van der Waals surface area contributed by atoms with Crippen LogP contribution in [0.15, 0.2) is 23.9 Å². The number of nitrogens with one attached hydrogen (secondary N) is 1. The summed E-state index contributed by atoms with van der Waals surface area (Å²) in [5.41, 5.74) is -0.528. The van der Waals surface area contributed by atoms with Gasteiger partial charge in [0, 0.05) is 12.1 Å². The molecule has 1 aromatic carbocycles. The Balaban J connectivity index is 3.25. The third-order valence-corrected chi connectivity index (χ3v) is 2.44. The first-order valence-corrected chi connectivity index (χ1v) is 6.19. The van der Waals surface area contributed by atoms with Gasteiger partial charge in [0.15, 0.2) is 11.6 Å². The molecule has 0 aliphatic rings. The van der Waals surface area contributed by atoms with Crippen molar-refractivity contribution < 1.29 is 32.6 Å². The molecule has 0 radical (unpaired) electrons. The number of benzene rings is 1. The van der Waals surface area contributed by atoms with Gasteiger partial charge in [-0.3, -0.25) is 0 Å². The second-order valence-electron chi connectivity index (χ2n) is 3.90. The first-order valence-electron chi connectivity index (χ1n) is 6.19. The quantitative estimate of drug-likeness (QED) is 0.639.